The monoisotopic (exact) mass is 300 g/mol. The first-order chi connectivity index (χ1) is 10.7. The molecule has 0 atom stereocenters. The van der Waals surface area contributed by atoms with Crippen LogP contribution in [0.15, 0.2) is 53.6 Å². The van der Waals surface area contributed by atoms with E-state index in [1.54, 1.807) is 12.1 Å². The molecule has 0 unspecified atom stereocenters. The van der Waals surface area contributed by atoms with Gasteiger partial charge in [0.2, 0.25) is 0 Å². The summed E-state index contributed by atoms with van der Waals surface area (Å²) in [5, 5.41) is 3.80. The molecule has 0 aliphatic carbocycles. The summed E-state index contributed by atoms with van der Waals surface area (Å²) >= 11 is 0. The number of aryl methyl sites for hydroxylation is 1. The van der Waals surface area contributed by atoms with Gasteiger partial charge in [0.05, 0.1) is 6.21 Å². The van der Waals surface area contributed by atoms with Crippen LogP contribution < -0.4 is 10.2 Å². The lowest BCUT2D eigenvalue weighted by molar-refractivity contribution is -0.123. The zero-order valence-electron chi connectivity index (χ0n) is 12.3. The van der Waals surface area contributed by atoms with Gasteiger partial charge in [0, 0.05) is 0 Å². The van der Waals surface area contributed by atoms with Gasteiger partial charge in [0.15, 0.2) is 6.61 Å². The van der Waals surface area contributed by atoms with Crippen LogP contribution in [0.25, 0.3) is 0 Å². The predicted molar refractivity (Wildman–Crippen MR) is 83.5 cm³/mol. The third-order valence-electron chi connectivity index (χ3n) is 2.99. The molecule has 0 radical (unpaired) electrons. The van der Waals surface area contributed by atoms with Crippen LogP contribution in [0.4, 0.5) is 4.39 Å². The third-order valence-corrected chi connectivity index (χ3v) is 2.99. The van der Waals surface area contributed by atoms with Gasteiger partial charge in [-0.1, -0.05) is 37.3 Å². The van der Waals surface area contributed by atoms with Crippen LogP contribution >= 0.6 is 0 Å². The van der Waals surface area contributed by atoms with E-state index in [1.165, 1.54) is 18.3 Å². The van der Waals surface area contributed by atoms with Gasteiger partial charge in [0.1, 0.15) is 11.6 Å². The van der Waals surface area contributed by atoms with E-state index in [9.17, 15) is 9.18 Å². The summed E-state index contributed by atoms with van der Waals surface area (Å²) in [5.74, 6) is 0.0242. The molecule has 5 heteroatoms. The fraction of sp³-hybridized carbons (Fsp3) is 0.176. The molecule has 0 heterocycles. The van der Waals surface area contributed by atoms with Crippen LogP contribution in [0, 0.1) is 5.82 Å². The highest BCUT2D eigenvalue weighted by atomic mass is 19.1. The third kappa shape index (κ3) is 4.70. The second kappa shape index (κ2) is 7.93. The molecule has 0 saturated heterocycles. The van der Waals surface area contributed by atoms with Crippen molar-refractivity contribution in [1.29, 1.82) is 0 Å². The minimum atomic E-state index is -0.357. The van der Waals surface area contributed by atoms with E-state index >= 15 is 0 Å². The van der Waals surface area contributed by atoms with Crippen LogP contribution in [0.1, 0.15) is 18.1 Å². The van der Waals surface area contributed by atoms with E-state index in [4.69, 9.17) is 4.74 Å². The molecule has 114 valence electrons. The normalized spacial score (nSPS) is 10.6. The van der Waals surface area contributed by atoms with Gasteiger partial charge >= 0.3 is 0 Å². The Morgan fingerprint density at radius 3 is 2.68 bits per heavy atom. The molecule has 2 aromatic rings. The number of ether oxygens (including phenoxy) is 1. The van der Waals surface area contributed by atoms with Gasteiger partial charge in [-0.15, -0.1) is 0 Å². The molecule has 0 fully saturated rings. The Hall–Kier alpha value is -2.69. The number of hydrogen-bond donors (Lipinski definition) is 1. The Bertz CT molecular complexity index is 654. The number of rotatable bonds is 6. The first-order valence-electron chi connectivity index (χ1n) is 6.97. The van der Waals surface area contributed by atoms with E-state index in [0.29, 0.717) is 11.3 Å². The maximum absolute atomic E-state index is 12.7. The number of nitrogens with one attached hydrogen (secondary N) is 1. The summed E-state index contributed by atoms with van der Waals surface area (Å²) in [5.41, 5.74) is 4.11. The van der Waals surface area contributed by atoms with Crippen LogP contribution in [0.2, 0.25) is 0 Å². The number of carbonyl (C=O) groups excluding carboxylic acids is 1. The van der Waals surface area contributed by atoms with Crippen molar-refractivity contribution in [1.82, 2.24) is 5.43 Å². The molecule has 2 rings (SSSR count). The van der Waals surface area contributed by atoms with E-state index in [-0.39, 0.29) is 18.3 Å². The Labute approximate surface area is 128 Å². The molecule has 0 bridgehead atoms. The molecule has 0 aliphatic rings. The van der Waals surface area contributed by atoms with E-state index in [1.807, 2.05) is 31.2 Å². The zero-order valence-corrected chi connectivity index (χ0v) is 12.3. The molecule has 1 N–H and O–H groups in total. The average molecular weight is 300 g/mol. The number of para-hydroxylation sites is 1. The van der Waals surface area contributed by atoms with Gasteiger partial charge in [-0.05, 0) is 35.7 Å². The average Bonchev–Trinajstić information content (AvgIpc) is 2.55. The molecular weight excluding hydrogens is 283 g/mol. The maximum atomic E-state index is 12.7. The smallest absolute Gasteiger partial charge is 0.277 e. The standard InChI is InChI=1S/C17H17FN2O2/c1-2-14-5-3-4-6-16(14)22-12-17(21)20-19-11-13-7-9-15(18)10-8-13/h3-11H,2,12H2,1H3,(H,20,21)/b19-11+. The summed E-state index contributed by atoms with van der Waals surface area (Å²) in [6, 6.07) is 13.4. The lowest BCUT2D eigenvalue weighted by Gasteiger charge is -2.08. The van der Waals surface area contributed by atoms with Crippen LogP contribution in [-0.4, -0.2) is 18.7 Å². The van der Waals surface area contributed by atoms with Gasteiger partial charge < -0.3 is 4.74 Å². The number of hydrogen-bond acceptors (Lipinski definition) is 3. The second-order valence-corrected chi connectivity index (χ2v) is 4.59. The Morgan fingerprint density at radius 1 is 1.23 bits per heavy atom. The van der Waals surface area contributed by atoms with E-state index in [0.717, 1.165) is 12.0 Å². The molecule has 22 heavy (non-hydrogen) atoms. The van der Waals surface area contributed by atoms with Crippen molar-refractivity contribution in [2.75, 3.05) is 6.61 Å². The van der Waals surface area contributed by atoms with Crippen molar-refractivity contribution in [2.45, 2.75) is 13.3 Å². The highest BCUT2D eigenvalue weighted by molar-refractivity contribution is 5.82. The number of halogens is 1. The lowest BCUT2D eigenvalue weighted by atomic mass is 10.1. The van der Waals surface area contributed by atoms with E-state index in [2.05, 4.69) is 10.5 Å². The van der Waals surface area contributed by atoms with Crippen molar-refractivity contribution in [3.05, 3.63) is 65.5 Å². The maximum Gasteiger partial charge on any atom is 0.277 e. The molecule has 4 nitrogen and oxygen atoms in total. The first-order valence-corrected chi connectivity index (χ1v) is 6.97. The van der Waals surface area contributed by atoms with Crippen molar-refractivity contribution in [3.8, 4) is 5.75 Å². The number of hydrazone groups is 1. The van der Waals surface area contributed by atoms with Crippen molar-refractivity contribution in [3.63, 3.8) is 0 Å². The summed E-state index contributed by atoms with van der Waals surface area (Å²) in [7, 11) is 0. The molecule has 0 saturated carbocycles. The minimum Gasteiger partial charge on any atom is -0.483 e. The molecule has 2 aromatic carbocycles. The fourth-order valence-corrected chi connectivity index (χ4v) is 1.84. The molecule has 0 aliphatic heterocycles. The summed E-state index contributed by atoms with van der Waals surface area (Å²) in [6.07, 6.45) is 2.28. The Kier molecular flexibility index (Phi) is 5.65. The van der Waals surface area contributed by atoms with Crippen LogP contribution in [-0.2, 0) is 11.2 Å². The van der Waals surface area contributed by atoms with Gasteiger partial charge in [0.25, 0.3) is 5.91 Å². The largest absolute Gasteiger partial charge is 0.483 e. The quantitative estimate of drug-likeness (QED) is 0.659. The summed E-state index contributed by atoms with van der Waals surface area (Å²) in [4.78, 5) is 11.7. The highest BCUT2D eigenvalue weighted by Crippen LogP contribution is 2.17. The molecule has 0 aromatic heterocycles. The van der Waals surface area contributed by atoms with Crippen molar-refractivity contribution in [2.24, 2.45) is 5.10 Å². The topological polar surface area (TPSA) is 50.7 Å². The predicted octanol–water partition coefficient (Wildman–Crippen LogP) is 2.92. The zero-order chi connectivity index (χ0) is 15.8. The summed E-state index contributed by atoms with van der Waals surface area (Å²) in [6.45, 7) is 1.91. The SMILES string of the molecule is CCc1ccccc1OCC(=O)N/N=C/c1ccc(F)cc1. The first kappa shape index (κ1) is 15.7. The number of benzene rings is 2. The highest BCUT2D eigenvalue weighted by Gasteiger charge is 2.04. The van der Waals surface area contributed by atoms with Crippen LogP contribution in [0.5, 0.6) is 5.75 Å². The van der Waals surface area contributed by atoms with Gasteiger partial charge in [-0.2, -0.15) is 5.10 Å². The Balaban J connectivity index is 1.82. The van der Waals surface area contributed by atoms with Crippen LogP contribution in [0.3, 0.4) is 0 Å². The van der Waals surface area contributed by atoms with E-state index < -0.39 is 0 Å². The number of carbonyl (C=O) groups is 1. The second-order valence-electron chi connectivity index (χ2n) is 4.59. The number of amides is 1. The van der Waals surface area contributed by atoms with Gasteiger partial charge in [-0.3, -0.25) is 4.79 Å². The van der Waals surface area contributed by atoms with Crippen molar-refractivity contribution >= 4 is 12.1 Å². The lowest BCUT2D eigenvalue weighted by Crippen LogP contribution is -2.24. The summed E-state index contributed by atoms with van der Waals surface area (Å²) < 4.78 is 18.2. The molecule has 1 amide bonds. The number of nitrogens with zero attached hydrogens (tertiary/aromatic N) is 1. The molecular formula is C17H17FN2O2. The minimum absolute atomic E-state index is 0.113. The van der Waals surface area contributed by atoms with Gasteiger partial charge in [-0.25, -0.2) is 9.82 Å². The Morgan fingerprint density at radius 2 is 1.95 bits per heavy atom. The molecule has 0 spiro atoms. The fourth-order valence-electron chi connectivity index (χ4n) is 1.84. The van der Waals surface area contributed by atoms with Crippen molar-refractivity contribution < 1.29 is 13.9 Å².